The maximum absolute atomic E-state index is 5.33. The first-order valence-corrected chi connectivity index (χ1v) is 28.8. The molecule has 1 aromatic carbocycles. The van der Waals surface area contributed by atoms with Crippen LogP contribution in [0.4, 0.5) is 0 Å². The quantitative estimate of drug-likeness (QED) is 0.204. The minimum Gasteiger partial charge on any atom is -0.414 e. The Morgan fingerprint density at radius 1 is 0.525 bits per heavy atom. The van der Waals surface area contributed by atoms with Crippen LogP contribution in [0.1, 0.15) is 52.7 Å². The van der Waals surface area contributed by atoms with Gasteiger partial charge in [0.25, 0.3) is 0 Å². The van der Waals surface area contributed by atoms with E-state index in [1.165, 1.54) is 11.4 Å². The molecule has 226 valence electrons. The number of benzene rings is 1. The Kier molecular flexibility index (Phi) is 11.7. The van der Waals surface area contributed by atoms with Crippen LogP contribution < -0.4 is 9.96 Å². The average molecular weight is 615 g/mol. The summed E-state index contributed by atoms with van der Waals surface area (Å²) in [4.78, 5) is 7.80. The number of nitrogens with one attached hydrogen (secondary N) is 2. The van der Waals surface area contributed by atoms with Crippen molar-refractivity contribution in [2.24, 2.45) is 20.1 Å². The molecule has 4 nitrogen and oxygen atoms in total. The maximum atomic E-state index is 5.33. The Bertz CT molecular complexity index is 1030. The van der Waals surface area contributed by atoms with Crippen molar-refractivity contribution in [2.45, 2.75) is 120 Å². The first-order valence-electron chi connectivity index (χ1n) is 14.9. The molecule has 0 heterocycles. The fourth-order valence-corrected chi connectivity index (χ4v) is 8.20. The predicted molar refractivity (Wildman–Crippen MR) is 194 cm³/mol. The first kappa shape index (κ1) is 36.5. The van der Waals surface area contributed by atoms with E-state index in [9.17, 15) is 0 Å². The number of hydrogen-bond donors (Lipinski definition) is 2. The molecule has 0 radical (unpaired) electrons. The van der Waals surface area contributed by atoms with Gasteiger partial charge in [-0.25, -0.2) is 0 Å². The second kappa shape index (κ2) is 12.8. The van der Waals surface area contributed by atoms with Crippen LogP contribution in [0, 0.1) is 10.8 Å². The zero-order valence-electron chi connectivity index (χ0n) is 29.4. The molecule has 0 spiro atoms. The Balaban J connectivity index is 3.81. The maximum Gasteiger partial charge on any atom is 0.173 e. The molecule has 0 saturated carbocycles. The van der Waals surface area contributed by atoms with Gasteiger partial charge in [0.05, 0.1) is 11.4 Å². The third-order valence-corrected chi connectivity index (χ3v) is 9.45. The molecule has 2 N–H and O–H groups in total. The minimum absolute atomic E-state index is 0.00904. The van der Waals surface area contributed by atoms with Crippen molar-refractivity contribution in [3.05, 3.63) is 58.9 Å². The highest BCUT2D eigenvalue weighted by Gasteiger charge is 2.26. The molecule has 0 amide bonds. The van der Waals surface area contributed by atoms with Gasteiger partial charge in [0.15, 0.2) is 16.5 Å². The molecule has 0 fully saturated rings. The van der Waals surface area contributed by atoms with Crippen LogP contribution >= 0.6 is 0 Å². The second-order valence-corrected chi connectivity index (χ2v) is 35.9. The van der Waals surface area contributed by atoms with Crippen molar-refractivity contribution < 1.29 is 0 Å². The summed E-state index contributed by atoms with van der Waals surface area (Å²) >= 11 is 0. The number of hydrogen-bond acceptors (Lipinski definition) is 4. The summed E-state index contributed by atoms with van der Waals surface area (Å²) in [7, 11) is -6.52. The molecule has 1 aromatic rings. The first-order chi connectivity index (χ1) is 17.6. The predicted octanol–water partition coefficient (Wildman–Crippen LogP) is 9.64. The summed E-state index contributed by atoms with van der Waals surface area (Å²) in [5, 5.41) is 0. The fraction of sp³-hybridized carbons (Fsp3) is 0.625. The molecule has 0 aliphatic heterocycles. The monoisotopic (exact) mass is 614 g/mol. The van der Waals surface area contributed by atoms with Crippen molar-refractivity contribution >= 4 is 44.4 Å². The van der Waals surface area contributed by atoms with Gasteiger partial charge in [0.2, 0.25) is 0 Å². The Labute approximate surface area is 252 Å². The van der Waals surface area contributed by atoms with Gasteiger partial charge in [0, 0.05) is 22.2 Å². The molecular weight excluding hydrogens is 553 g/mol. The standard InChI is InChI=1S/C32H62N4Si4/c1-31(2,3)29(35-39(13,14)15)23-27(33-37(7,8)9)25-19-21-26(22-20-25)28(34-38(10,11)12)24-30(32(4,5)6)36-40(16,17)18/h19-24,35-36H,1-18H3/b29-23+,30-24+,33-27-,34-28-. The largest absolute Gasteiger partial charge is 0.414 e. The van der Waals surface area contributed by atoms with Gasteiger partial charge in [0.1, 0.15) is 16.5 Å². The van der Waals surface area contributed by atoms with E-state index in [2.05, 4.69) is 166 Å². The van der Waals surface area contributed by atoms with E-state index in [0.717, 1.165) is 22.6 Å². The summed E-state index contributed by atoms with van der Waals surface area (Å²) < 4.78 is 10.7. The normalized spacial score (nSPS) is 15.8. The third kappa shape index (κ3) is 14.4. The third-order valence-electron chi connectivity index (χ3n) is 5.59. The lowest BCUT2D eigenvalue weighted by molar-refractivity contribution is 0.484. The highest BCUT2D eigenvalue weighted by atomic mass is 28.3. The van der Waals surface area contributed by atoms with E-state index in [0.29, 0.717) is 0 Å². The summed E-state index contributed by atoms with van der Waals surface area (Å²) in [6.45, 7) is 41.7. The van der Waals surface area contributed by atoms with Gasteiger partial charge in [-0.2, -0.15) is 0 Å². The van der Waals surface area contributed by atoms with Gasteiger partial charge in [-0.05, 0) is 62.6 Å². The topological polar surface area (TPSA) is 48.8 Å². The van der Waals surface area contributed by atoms with Crippen LogP contribution in [0.15, 0.2) is 57.1 Å². The fourth-order valence-electron chi connectivity index (χ4n) is 3.86. The van der Waals surface area contributed by atoms with Crippen molar-refractivity contribution in [2.75, 3.05) is 0 Å². The van der Waals surface area contributed by atoms with E-state index < -0.39 is 32.9 Å². The van der Waals surface area contributed by atoms with Gasteiger partial charge in [-0.15, -0.1) is 0 Å². The second-order valence-electron chi connectivity index (χ2n) is 17.3. The molecular formula is C32H62N4Si4. The lowest BCUT2D eigenvalue weighted by Crippen LogP contribution is -2.44. The van der Waals surface area contributed by atoms with E-state index in [4.69, 9.17) is 9.32 Å². The van der Waals surface area contributed by atoms with Crippen LogP contribution in [-0.2, 0) is 0 Å². The van der Waals surface area contributed by atoms with Gasteiger partial charge in [-0.3, -0.25) is 0 Å². The molecule has 0 unspecified atom stereocenters. The van der Waals surface area contributed by atoms with Crippen LogP contribution in [0.5, 0.6) is 0 Å². The van der Waals surface area contributed by atoms with Crippen LogP contribution in [-0.4, -0.2) is 44.4 Å². The van der Waals surface area contributed by atoms with E-state index >= 15 is 0 Å². The van der Waals surface area contributed by atoms with E-state index in [-0.39, 0.29) is 10.8 Å². The van der Waals surface area contributed by atoms with Crippen molar-refractivity contribution in [3.8, 4) is 0 Å². The highest BCUT2D eigenvalue weighted by molar-refractivity contribution is 6.76. The SMILES string of the molecule is CC(C)(C)/C(=C\C(=N\[Si](C)(C)C)c1ccc(C(/C=C(/N[Si](C)(C)C)C(C)(C)C)=N\[Si](C)(C)C)cc1)N[Si](C)(C)C. The van der Waals surface area contributed by atoms with Crippen molar-refractivity contribution in [3.63, 3.8) is 0 Å². The van der Waals surface area contributed by atoms with E-state index in [1.54, 1.807) is 0 Å². The number of rotatable bonds is 10. The Morgan fingerprint density at radius 3 is 0.950 bits per heavy atom. The highest BCUT2D eigenvalue weighted by Crippen LogP contribution is 2.27. The van der Waals surface area contributed by atoms with Crippen LogP contribution in [0.25, 0.3) is 0 Å². The van der Waals surface area contributed by atoms with Crippen LogP contribution in [0.3, 0.4) is 0 Å². The Morgan fingerprint density at radius 2 is 0.775 bits per heavy atom. The smallest absolute Gasteiger partial charge is 0.173 e. The molecule has 0 atom stereocenters. The number of nitrogens with zero attached hydrogens (tertiary/aromatic N) is 2. The minimum atomic E-state index is -1.73. The summed E-state index contributed by atoms with van der Waals surface area (Å²) in [6, 6.07) is 8.98. The molecule has 0 saturated heterocycles. The average Bonchev–Trinajstić information content (AvgIpc) is 2.66. The molecule has 1 rings (SSSR count). The molecule has 0 aromatic heterocycles. The summed E-state index contributed by atoms with van der Waals surface area (Å²) in [5.41, 5.74) is 7.04. The Hall–Kier alpha value is -1.49. The molecule has 0 bridgehead atoms. The van der Waals surface area contributed by atoms with Gasteiger partial charge >= 0.3 is 0 Å². The summed E-state index contributed by atoms with van der Waals surface area (Å²) in [5.74, 6) is 0. The molecule has 8 heteroatoms. The molecule has 40 heavy (non-hydrogen) atoms. The van der Waals surface area contributed by atoms with Gasteiger partial charge < -0.3 is 19.3 Å². The molecule has 0 aliphatic rings. The lowest BCUT2D eigenvalue weighted by atomic mass is 9.90. The van der Waals surface area contributed by atoms with Gasteiger partial charge in [-0.1, -0.05) is 105 Å². The number of allylic oxidation sites excluding steroid dienone is 4. The zero-order chi connectivity index (χ0) is 31.5. The van der Waals surface area contributed by atoms with Crippen molar-refractivity contribution in [1.82, 2.24) is 9.96 Å². The van der Waals surface area contributed by atoms with Crippen molar-refractivity contribution in [1.29, 1.82) is 0 Å². The lowest BCUT2D eigenvalue weighted by Gasteiger charge is -2.32. The molecule has 0 aliphatic carbocycles. The zero-order valence-corrected chi connectivity index (χ0v) is 33.4. The van der Waals surface area contributed by atoms with Crippen LogP contribution in [0.2, 0.25) is 78.6 Å². The van der Waals surface area contributed by atoms with E-state index in [1.807, 2.05) is 0 Å². The summed E-state index contributed by atoms with van der Waals surface area (Å²) in [6.07, 6.45) is 4.64.